The number of carbonyl (C=O) groups excluding carboxylic acids is 2. The Labute approximate surface area is 93.3 Å². The van der Waals surface area contributed by atoms with Crippen LogP contribution in [0.5, 0.6) is 0 Å². The molecule has 0 unspecified atom stereocenters. The number of hydrogen-bond acceptors (Lipinski definition) is 5. The third kappa shape index (κ3) is 2.85. The van der Waals surface area contributed by atoms with Crippen LogP contribution in [-0.4, -0.2) is 19.0 Å². The summed E-state index contributed by atoms with van der Waals surface area (Å²) in [7, 11) is 1.28. The number of esters is 2. The van der Waals surface area contributed by atoms with Crippen molar-refractivity contribution < 1.29 is 23.5 Å². The fraction of sp³-hybridized carbons (Fsp3) is 0.455. The molecule has 0 aliphatic heterocycles. The highest BCUT2D eigenvalue weighted by Gasteiger charge is 2.16. The van der Waals surface area contributed by atoms with Crippen LogP contribution < -0.4 is 0 Å². The van der Waals surface area contributed by atoms with Gasteiger partial charge in [-0.2, -0.15) is 0 Å². The second-order valence-corrected chi connectivity index (χ2v) is 3.18. The largest absolute Gasteiger partial charge is 0.463 e. The Kier molecular flexibility index (Phi) is 4.10. The van der Waals surface area contributed by atoms with Gasteiger partial charge in [0, 0.05) is 18.9 Å². The van der Waals surface area contributed by atoms with Crippen molar-refractivity contribution in [2.24, 2.45) is 0 Å². The highest BCUT2D eigenvalue weighted by Crippen LogP contribution is 2.18. The van der Waals surface area contributed by atoms with Crippen LogP contribution in [0.25, 0.3) is 0 Å². The minimum Gasteiger partial charge on any atom is -0.463 e. The number of furan rings is 1. The summed E-state index contributed by atoms with van der Waals surface area (Å²) < 4.78 is 14.7. The number of aryl methyl sites for hydroxylation is 1. The number of rotatable bonds is 4. The minimum absolute atomic E-state index is 0.110. The van der Waals surface area contributed by atoms with Crippen LogP contribution >= 0.6 is 0 Å². The number of hydrogen-bond donors (Lipinski definition) is 0. The quantitative estimate of drug-likeness (QED) is 0.731. The second kappa shape index (κ2) is 5.34. The van der Waals surface area contributed by atoms with Gasteiger partial charge in [0.05, 0.1) is 7.11 Å². The molecule has 16 heavy (non-hydrogen) atoms. The summed E-state index contributed by atoms with van der Waals surface area (Å²) in [5.41, 5.74) is 0.693. The smallest absolute Gasteiger partial charge is 0.373 e. The van der Waals surface area contributed by atoms with Gasteiger partial charge in [0.2, 0.25) is 5.76 Å². The van der Waals surface area contributed by atoms with Gasteiger partial charge in [0.15, 0.2) is 0 Å². The maximum Gasteiger partial charge on any atom is 0.373 e. The molecule has 0 spiro atoms. The molecular weight excluding hydrogens is 212 g/mol. The monoisotopic (exact) mass is 226 g/mol. The number of carbonyl (C=O) groups is 2. The molecule has 88 valence electrons. The average Bonchev–Trinajstić information content (AvgIpc) is 2.68. The van der Waals surface area contributed by atoms with E-state index >= 15 is 0 Å². The van der Waals surface area contributed by atoms with E-state index in [0.717, 1.165) is 0 Å². The minimum atomic E-state index is -0.538. The van der Waals surface area contributed by atoms with E-state index in [2.05, 4.69) is 4.74 Å². The molecule has 0 aliphatic rings. The molecule has 0 radical (unpaired) electrons. The number of methoxy groups -OCH3 is 1. The Bertz CT molecular complexity index is 391. The lowest BCUT2D eigenvalue weighted by Crippen LogP contribution is -2.00. The van der Waals surface area contributed by atoms with Crippen molar-refractivity contribution in [3.05, 3.63) is 23.2 Å². The van der Waals surface area contributed by atoms with Crippen LogP contribution in [-0.2, 0) is 27.3 Å². The Morgan fingerprint density at radius 3 is 2.62 bits per heavy atom. The zero-order valence-corrected chi connectivity index (χ0v) is 9.53. The molecule has 0 N–H and O–H groups in total. The summed E-state index contributed by atoms with van der Waals surface area (Å²) >= 11 is 0. The summed E-state index contributed by atoms with van der Waals surface area (Å²) in [4.78, 5) is 21.9. The van der Waals surface area contributed by atoms with Gasteiger partial charge in [0.25, 0.3) is 0 Å². The van der Waals surface area contributed by atoms with Crippen molar-refractivity contribution in [3.63, 3.8) is 0 Å². The molecule has 0 saturated heterocycles. The first-order valence-corrected chi connectivity index (χ1v) is 4.91. The molecule has 5 nitrogen and oxygen atoms in total. The standard InChI is InChI=1S/C11H14O5/c1-4-9-8(6-15-7(2)12)5-10(16-9)11(13)14-3/h5H,4,6H2,1-3H3. The topological polar surface area (TPSA) is 65.7 Å². The van der Waals surface area contributed by atoms with E-state index in [0.29, 0.717) is 17.7 Å². The summed E-state index contributed by atoms with van der Waals surface area (Å²) in [6.45, 7) is 3.32. The van der Waals surface area contributed by atoms with Gasteiger partial charge in [-0.3, -0.25) is 4.79 Å². The third-order valence-corrected chi connectivity index (χ3v) is 2.04. The molecule has 1 rings (SSSR count). The summed E-state index contributed by atoms with van der Waals surface area (Å²) in [5, 5.41) is 0. The fourth-order valence-corrected chi connectivity index (χ4v) is 1.27. The molecule has 0 saturated carbocycles. The Balaban J connectivity index is 2.86. The first-order chi connectivity index (χ1) is 7.58. The van der Waals surface area contributed by atoms with Crippen molar-refractivity contribution in [1.82, 2.24) is 0 Å². The van der Waals surface area contributed by atoms with Gasteiger partial charge in [-0.15, -0.1) is 0 Å². The molecule has 0 bridgehead atoms. The second-order valence-electron chi connectivity index (χ2n) is 3.18. The van der Waals surface area contributed by atoms with Gasteiger partial charge in [0.1, 0.15) is 12.4 Å². The molecule has 0 atom stereocenters. The summed E-state index contributed by atoms with van der Waals surface area (Å²) in [6.07, 6.45) is 0.619. The van der Waals surface area contributed by atoms with Crippen LogP contribution in [0.4, 0.5) is 0 Å². The highest BCUT2D eigenvalue weighted by atomic mass is 16.5. The average molecular weight is 226 g/mol. The predicted octanol–water partition coefficient (Wildman–Crippen LogP) is 1.69. The predicted molar refractivity (Wildman–Crippen MR) is 54.9 cm³/mol. The molecule has 0 fully saturated rings. The van der Waals surface area contributed by atoms with Crippen LogP contribution in [0.2, 0.25) is 0 Å². The Morgan fingerprint density at radius 1 is 1.44 bits per heavy atom. The summed E-state index contributed by atoms with van der Waals surface area (Å²) in [5.74, 6) is -0.158. The van der Waals surface area contributed by atoms with Crippen molar-refractivity contribution in [3.8, 4) is 0 Å². The van der Waals surface area contributed by atoms with E-state index in [1.165, 1.54) is 20.1 Å². The maximum absolute atomic E-state index is 11.2. The summed E-state index contributed by atoms with van der Waals surface area (Å²) in [6, 6.07) is 1.54. The normalized spacial score (nSPS) is 9.94. The van der Waals surface area contributed by atoms with Crippen molar-refractivity contribution in [2.75, 3.05) is 7.11 Å². The lowest BCUT2D eigenvalue weighted by atomic mass is 10.2. The third-order valence-electron chi connectivity index (χ3n) is 2.04. The van der Waals surface area contributed by atoms with E-state index in [1.54, 1.807) is 0 Å². The van der Waals surface area contributed by atoms with E-state index in [9.17, 15) is 9.59 Å². The molecule has 0 aliphatic carbocycles. The molecule has 1 aromatic heterocycles. The van der Waals surface area contributed by atoms with Gasteiger partial charge < -0.3 is 13.9 Å². The van der Waals surface area contributed by atoms with E-state index in [4.69, 9.17) is 9.15 Å². The van der Waals surface area contributed by atoms with Gasteiger partial charge in [-0.25, -0.2) is 4.79 Å². The Morgan fingerprint density at radius 2 is 2.12 bits per heavy atom. The van der Waals surface area contributed by atoms with E-state index < -0.39 is 5.97 Å². The highest BCUT2D eigenvalue weighted by molar-refractivity contribution is 5.86. The van der Waals surface area contributed by atoms with Crippen LogP contribution in [0.3, 0.4) is 0 Å². The molecule has 5 heteroatoms. The van der Waals surface area contributed by atoms with Gasteiger partial charge in [-0.05, 0) is 6.07 Å². The zero-order chi connectivity index (χ0) is 12.1. The molecule has 1 aromatic rings. The van der Waals surface area contributed by atoms with Crippen LogP contribution in [0.15, 0.2) is 10.5 Å². The Hall–Kier alpha value is -1.78. The fourth-order valence-electron chi connectivity index (χ4n) is 1.27. The first kappa shape index (κ1) is 12.3. The lowest BCUT2D eigenvalue weighted by Gasteiger charge is -1.99. The van der Waals surface area contributed by atoms with Crippen molar-refractivity contribution in [1.29, 1.82) is 0 Å². The first-order valence-electron chi connectivity index (χ1n) is 4.91. The lowest BCUT2D eigenvalue weighted by molar-refractivity contribution is -0.142. The van der Waals surface area contributed by atoms with Crippen molar-refractivity contribution in [2.45, 2.75) is 26.9 Å². The van der Waals surface area contributed by atoms with Gasteiger partial charge >= 0.3 is 11.9 Å². The zero-order valence-electron chi connectivity index (χ0n) is 9.53. The molecule has 0 amide bonds. The SMILES string of the molecule is CCc1oc(C(=O)OC)cc1COC(C)=O. The van der Waals surface area contributed by atoms with Crippen LogP contribution in [0.1, 0.15) is 35.7 Å². The van der Waals surface area contributed by atoms with E-state index in [1.807, 2.05) is 6.92 Å². The van der Waals surface area contributed by atoms with Crippen LogP contribution in [0, 0.1) is 0 Å². The molecular formula is C11H14O5. The maximum atomic E-state index is 11.2. The van der Waals surface area contributed by atoms with Gasteiger partial charge in [-0.1, -0.05) is 6.92 Å². The van der Waals surface area contributed by atoms with Crippen molar-refractivity contribution >= 4 is 11.9 Å². The molecule has 1 heterocycles. The van der Waals surface area contributed by atoms with E-state index in [-0.39, 0.29) is 18.3 Å². The number of ether oxygens (including phenoxy) is 2. The molecule has 0 aromatic carbocycles.